The highest BCUT2D eigenvalue weighted by Crippen LogP contribution is 2.37. The van der Waals surface area contributed by atoms with Crippen LogP contribution >= 0.6 is 11.6 Å². The molecule has 126 valence electrons. The highest BCUT2D eigenvalue weighted by Gasteiger charge is 2.38. The molecule has 1 saturated carbocycles. The summed E-state index contributed by atoms with van der Waals surface area (Å²) in [6, 6.07) is 7.05. The number of nitrogens with zero attached hydrogens (tertiary/aromatic N) is 2. The van der Waals surface area contributed by atoms with E-state index < -0.39 is 0 Å². The van der Waals surface area contributed by atoms with Crippen LogP contribution in [0.5, 0.6) is 0 Å². The first-order chi connectivity index (χ1) is 11.5. The maximum Gasteiger partial charge on any atom is 0.226 e. The second-order valence-electron chi connectivity index (χ2n) is 6.03. The van der Waals surface area contributed by atoms with Gasteiger partial charge in [-0.2, -0.15) is 5.10 Å². The van der Waals surface area contributed by atoms with Crippen LogP contribution in [0, 0.1) is 11.8 Å². The second kappa shape index (κ2) is 7.05. The van der Waals surface area contributed by atoms with E-state index in [1.54, 1.807) is 35.3 Å². The maximum atomic E-state index is 11.9. The highest BCUT2D eigenvalue weighted by atomic mass is 35.5. The summed E-state index contributed by atoms with van der Waals surface area (Å²) in [7, 11) is 0. The molecule has 24 heavy (non-hydrogen) atoms. The predicted molar refractivity (Wildman–Crippen MR) is 92.1 cm³/mol. The van der Waals surface area contributed by atoms with Crippen molar-refractivity contribution < 1.29 is 9.59 Å². The van der Waals surface area contributed by atoms with E-state index in [0.29, 0.717) is 23.2 Å². The second-order valence-corrected chi connectivity index (χ2v) is 6.43. The first-order valence-corrected chi connectivity index (χ1v) is 8.29. The molecule has 2 amide bonds. The number of hydrogen-bond donors (Lipinski definition) is 2. The van der Waals surface area contributed by atoms with E-state index in [4.69, 9.17) is 11.6 Å². The van der Waals surface area contributed by atoms with Gasteiger partial charge in [-0.1, -0.05) is 18.5 Å². The third-order valence-corrected chi connectivity index (χ3v) is 4.38. The Balaban J connectivity index is 1.49. The molecule has 0 radical (unpaired) electrons. The summed E-state index contributed by atoms with van der Waals surface area (Å²) in [5.41, 5.74) is 1.36. The molecule has 1 aromatic carbocycles. The van der Waals surface area contributed by atoms with Gasteiger partial charge in [0.1, 0.15) is 0 Å². The third kappa shape index (κ3) is 3.94. The minimum Gasteiger partial charge on any atom is -0.355 e. The molecule has 3 rings (SSSR count). The lowest BCUT2D eigenvalue weighted by Gasteiger charge is -2.09. The summed E-state index contributed by atoms with van der Waals surface area (Å²) in [4.78, 5) is 23.6. The van der Waals surface area contributed by atoms with Gasteiger partial charge in [-0.3, -0.25) is 9.59 Å². The summed E-state index contributed by atoms with van der Waals surface area (Å²) >= 11 is 6.24. The molecule has 1 aromatic heterocycles. The Hall–Kier alpha value is -2.34. The molecule has 0 unspecified atom stereocenters. The zero-order valence-corrected chi connectivity index (χ0v) is 14.1. The largest absolute Gasteiger partial charge is 0.355 e. The third-order valence-electron chi connectivity index (χ3n) is 4.08. The zero-order chi connectivity index (χ0) is 17.1. The van der Waals surface area contributed by atoms with E-state index in [2.05, 4.69) is 15.7 Å². The van der Waals surface area contributed by atoms with Crippen molar-refractivity contribution in [3.8, 4) is 5.69 Å². The van der Waals surface area contributed by atoms with Crippen LogP contribution in [0.1, 0.15) is 19.8 Å². The Kier molecular flexibility index (Phi) is 4.85. The molecule has 0 bridgehead atoms. The van der Waals surface area contributed by atoms with E-state index in [9.17, 15) is 9.59 Å². The van der Waals surface area contributed by atoms with Crippen molar-refractivity contribution in [2.45, 2.75) is 19.8 Å². The normalized spacial score (nSPS) is 18.9. The minimum absolute atomic E-state index is 0.0434. The van der Waals surface area contributed by atoms with Gasteiger partial charge >= 0.3 is 0 Å². The number of carbonyl (C=O) groups is 2. The van der Waals surface area contributed by atoms with Gasteiger partial charge in [0.15, 0.2) is 0 Å². The van der Waals surface area contributed by atoms with E-state index >= 15 is 0 Å². The van der Waals surface area contributed by atoms with Gasteiger partial charge in [0.05, 0.1) is 10.7 Å². The van der Waals surface area contributed by atoms with Crippen LogP contribution < -0.4 is 10.6 Å². The van der Waals surface area contributed by atoms with Gasteiger partial charge in [0.25, 0.3) is 0 Å². The average Bonchev–Trinajstić information content (AvgIpc) is 3.05. The number of anilines is 1. The van der Waals surface area contributed by atoms with Crippen molar-refractivity contribution >= 4 is 29.1 Å². The van der Waals surface area contributed by atoms with Crippen LogP contribution in [-0.2, 0) is 9.59 Å². The molecule has 0 aliphatic heterocycles. The van der Waals surface area contributed by atoms with Gasteiger partial charge in [0.2, 0.25) is 11.8 Å². The number of amides is 2. The molecule has 6 nitrogen and oxygen atoms in total. The van der Waals surface area contributed by atoms with Gasteiger partial charge in [-0.05, 0) is 36.6 Å². The molecule has 1 fully saturated rings. The number of carbonyl (C=O) groups excluding carboxylic acids is 2. The smallest absolute Gasteiger partial charge is 0.226 e. The number of nitrogens with one attached hydrogen (secondary N) is 2. The van der Waals surface area contributed by atoms with Crippen LogP contribution in [0.4, 0.5) is 5.69 Å². The Morgan fingerprint density at radius 1 is 1.42 bits per heavy atom. The number of benzene rings is 1. The molecule has 2 atom stereocenters. The van der Waals surface area contributed by atoms with Crippen molar-refractivity contribution in [2.75, 3.05) is 11.9 Å². The van der Waals surface area contributed by atoms with E-state index in [-0.39, 0.29) is 24.2 Å². The number of hydrogen-bond acceptors (Lipinski definition) is 3. The summed E-state index contributed by atoms with van der Waals surface area (Å²) in [5, 5.41) is 10.2. The molecule has 1 aliphatic carbocycles. The summed E-state index contributed by atoms with van der Waals surface area (Å²) < 4.78 is 1.66. The summed E-state index contributed by atoms with van der Waals surface area (Å²) in [6.45, 7) is 2.39. The fourth-order valence-corrected chi connectivity index (χ4v) is 2.79. The first kappa shape index (κ1) is 16.5. The lowest BCUT2D eigenvalue weighted by atomic mass is 10.2. The maximum absolute atomic E-state index is 11.9. The van der Waals surface area contributed by atoms with Crippen molar-refractivity contribution in [3.05, 3.63) is 41.7 Å². The Bertz CT molecular complexity index is 745. The van der Waals surface area contributed by atoms with Crippen molar-refractivity contribution in [1.82, 2.24) is 15.1 Å². The van der Waals surface area contributed by atoms with Crippen LogP contribution in [0.25, 0.3) is 5.69 Å². The van der Waals surface area contributed by atoms with Crippen molar-refractivity contribution in [2.24, 2.45) is 11.8 Å². The number of halogens is 1. The predicted octanol–water partition coefficient (Wildman–Crippen LogP) is 2.63. The molecule has 1 heterocycles. The van der Waals surface area contributed by atoms with E-state index in [1.807, 2.05) is 13.0 Å². The van der Waals surface area contributed by atoms with Crippen molar-refractivity contribution in [1.29, 1.82) is 0 Å². The first-order valence-electron chi connectivity index (χ1n) is 7.91. The monoisotopic (exact) mass is 346 g/mol. The molecule has 1 aliphatic rings. The molecular weight excluding hydrogens is 328 g/mol. The Morgan fingerprint density at radius 3 is 2.83 bits per heavy atom. The van der Waals surface area contributed by atoms with Gasteiger partial charge in [-0.15, -0.1) is 0 Å². The lowest BCUT2D eigenvalue weighted by molar-refractivity contribution is -0.122. The van der Waals surface area contributed by atoms with Crippen LogP contribution in [0.2, 0.25) is 5.02 Å². The standard InChI is InChI=1S/C17H19ClN4O2/c1-11-9-13(11)17(24)19-7-5-16(23)21-12-3-4-15(14(18)10-12)22-8-2-6-20-22/h2-4,6,8,10-11,13H,5,7,9H2,1H3,(H,19,24)(H,21,23)/t11-,13-/m1/s1. The number of rotatable bonds is 6. The SMILES string of the molecule is C[C@@H]1C[C@H]1C(=O)NCCC(=O)Nc1ccc(-n2cccn2)c(Cl)c1. The van der Waals surface area contributed by atoms with E-state index in [0.717, 1.165) is 12.1 Å². The fourth-order valence-electron chi connectivity index (χ4n) is 2.52. The summed E-state index contributed by atoms with van der Waals surface area (Å²) in [6.07, 6.45) is 4.63. The van der Waals surface area contributed by atoms with E-state index in [1.165, 1.54) is 0 Å². The summed E-state index contributed by atoms with van der Waals surface area (Å²) in [5.74, 6) is 0.472. The number of aromatic nitrogens is 2. The van der Waals surface area contributed by atoms with Crippen LogP contribution in [0.15, 0.2) is 36.7 Å². The molecular formula is C17H19ClN4O2. The van der Waals surface area contributed by atoms with Gasteiger partial charge in [-0.25, -0.2) is 4.68 Å². The average molecular weight is 347 g/mol. The lowest BCUT2D eigenvalue weighted by Crippen LogP contribution is -2.29. The van der Waals surface area contributed by atoms with Gasteiger partial charge in [0, 0.05) is 37.0 Å². The van der Waals surface area contributed by atoms with Gasteiger partial charge < -0.3 is 10.6 Å². The Morgan fingerprint density at radius 2 is 2.21 bits per heavy atom. The minimum atomic E-state index is -0.165. The molecule has 7 heteroatoms. The molecule has 2 N–H and O–H groups in total. The van der Waals surface area contributed by atoms with Crippen LogP contribution in [-0.4, -0.2) is 28.1 Å². The molecule has 2 aromatic rings. The zero-order valence-electron chi connectivity index (χ0n) is 13.3. The fraction of sp³-hybridized carbons (Fsp3) is 0.353. The topological polar surface area (TPSA) is 76.0 Å². The highest BCUT2D eigenvalue weighted by molar-refractivity contribution is 6.32. The molecule has 0 spiro atoms. The Labute approximate surface area is 145 Å². The van der Waals surface area contributed by atoms with Crippen LogP contribution in [0.3, 0.4) is 0 Å². The molecule has 0 saturated heterocycles. The van der Waals surface area contributed by atoms with Crippen molar-refractivity contribution in [3.63, 3.8) is 0 Å². The quantitative estimate of drug-likeness (QED) is 0.844.